The van der Waals surface area contributed by atoms with Crippen LogP contribution in [0.25, 0.3) is 0 Å². The summed E-state index contributed by atoms with van der Waals surface area (Å²) in [5.74, 6) is -0.246. The lowest BCUT2D eigenvalue weighted by Crippen LogP contribution is -2.65. The van der Waals surface area contributed by atoms with E-state index in [-0.39, 0.29) is 18.9 Å². The lowest BCUT2D eigenvalue weighted by atomic mass is 9.97. The molecule has 0 aromatic heterocycles. The molecule has 0 saturated carbocycles. The van der Waals surface area contributed by atoms with Crippen LogP contribution in [-0.4, -0.2) is 140 Å². The average molecular weight is 1220 g/mol. The van der Waals surface area contributed by atoms with E-state index < -0.39 is 86.8 Å². The lowest BCUT2D eigenvalue weighted by molar-refractivity contribution is -0.359. The normalized spacial score (nSPS) is 23.8. The van der Waals surface area contributed by atoms with Crippen molar-refractivity contribution in [3.63, 3.8) is 0 Å². The Morgan fingerprint density at radius 2 is 0.814 bits per heavy atom. The predicted octanol–water partition coefficient (Wildman–Crippen LogP) is 14.2. The summed E-state index contributed by atoms with van der Waals surface area (Å²) in [5, 5.41) is 87.4. The highest BCUT2D eigenvalue weighted by Crippen LogP contribution is 2.30. The number of unbranched alkanes of at least 4 members (excludes halogenated alkanes) is 34. The van der Waals surface area contributed by atoms with E-state index in [0.29, 0.717) is 12.8 Å². The fourth-order valence-corrected chi connectivity index (χ4v) is 11.3. The van der Waals surface area contributed by atoms with Crippen LogP contribution >= 0.6 is 0 Å². The van der Waals surface area contributed by atoms with Gasteiger partial charge in [0.1, 0.15) is 48.8 Å². The van der Waals surface area contributed by atoms with Gasteiger partial charge in [0, 0.05) is 6.42 Å². The molecular formula is C72H129NO13. The third-order valence-electron chi connectivity index (χ3n) is 16.9. The van der Waals surface area contributed by atoms with Crippen molar-refractivity contribution in [2.45, 2.75) is 357 Å². The summed E-state index contributed by atoms with van der Waals surface area (Å²) >= 11 is 0. The molecule has 2 saturated heterocycles. The van der Waals surface area contributed by atoms with Crippen LogP contribution in [-0.2, 0) is 23.7 Å². The van der Waals surface area contributed by atoms with Gasteiger partial charge in [-0.25, -0.2) is 0 Å². The van der Waals surface area contributed by atoms with Crippen molar-refractivity contribution in [3.8, 4) is 0 Å². The van der Waals surface area contributed by atoms with Gasteiger partial charge in [-0.15, -0.1) is 0 Å². The van der Waals surface area contributed by atoms with Gasteiger partial charge in [0.05, 0.1) is 32.0 Å². The van der Waals surface area contributed by atoms with Crippen molar-refractivity contribution in [1.29, 1.82) is 0 Å². The molecule has 12 unspecified atom stereocenters. The summed E-state index contributed by atoms with van der Waals surface area (Å²) in [7, 11) is 0. The van der Waals surface area contributed by atoms with Gasteiger partial charge >= 0.3 is 0 Å². The number of aliphatic hydroxyl groups is 8. The molecule has 2 aliphatic heterocycles. The zero-order valence-electron chi connectivity index (χ0n) is 54.3. The number of carbonyl (C=O) groups is 1. The lowest BCUT2D eigenvalue weighted by Gasteiger charge is -2.46. The van der Waals surface area contributed by atoms with Gasteiger partial charge < -0.3 is 65.1 Å². The van der Waals surface area contributed by atoms with Gasteiger partial charge in [-0.1, -0.05) is 279 Å². The van der Waals surface area contributed by atoms with E-state index in [1.807, 2.05) is 6.08 Å². The Morgan fingerprint density at radius 1 is 0.430 bits per heavy atom. The molecule has 86 heavy (non-hydrogen) atoms. The van der Waals surface area contributed by atoms with E-state index in [2.05, 4.69) is 79.9 Å². The molecule has 1 amide bonds. The minimum Gasteiger partial charge on any atom is -0.394 e. The molecule has 0 aromatic rings. The second-order valence-corrected chi connectivity index (χ2v) is 24.6. The number of allylic oxidation sites excluding steroid dienone is 11. The Labute approximate surface area is 523 Å². The fraction of sp³-hybridized carbons (Fsp3) is 0.819. The van der Waals surface area contributed by atoms with Crippen LogP contribution in [0.15, 0.2) is 72.9 Å². The number of hydrogen-bond donors (Lipinski definition) is 9. The molecule has 2 aliphatic rings. The fourth-order valence-electron chi connectivity index (χ4n) is 11.3. The molecule has 14 heteroatoms. The van der Waals surface area contributed by atoms with Crippen molar-refractivity contribution >= 4 is 5.91 Å². The van der Waals surface area contributed by atoms with E-state index in [0.717, 1.165) is 57.8 Å². The van der Waals surface area contributed by atoms with Crippen molar-refractivity contribution in [2.75, 3.05) is 19.8 Å². The summed E-state index contributed by atoms with van der Waals surface area (Å²) in [5.41, 5.74) is 0. The van der Waals surface area contributed by atoms with Crippen LogP contribution in [0.5, 0.6) is 0 Å². The average Bonchev–Trinajstić information content (AvgIpc) is 2.63. The zero-order valence-corrected chi connectivity index (χ0v) is 54.3. The molecule has 500 valence electrons. The Morgan fingerprint density at radius 3 is 1.28 bits per heavy atom. The summed E-state index contributed by atoms with van der Waals surface area (Å²) in [6, 6.07) is -0.933. The molecule has 0 aromatic carbocycles. The summed E-state index contributed by atoms with van der Waals surface area (Å²) in [4.78, 5) is 13.3. The minimum absolute atomic E-state index is 0.246. The summed E-state index contributed by atoms with van der Waals surface area (Å²) < 4.78 is 22.8. The van der Waals surface area contributed by atoms with Gasteiger partial charge in [-0.3, -0.25) is 4.79 Å². The minimum atomic E-state index is -1.79. The molecule has 0 aliphatic carbocycles. The van der Waals surface area contributed by atoms with Gasteiger partial charge in [0.25, 0.3) is 0 Å². The largest absolute Gasteiger partial charge is 0.394 e. The number of rotatable bonds is 57. The first kappa shape index (κ1) is 79.5. The topological polar surface area (TPSA) is 228 Å². The maximum Gasteiger partial charge on any atom is 0.220 e. The predicted molar refractivity (Wildman–Crippen MR) is 350 cm³/mol. The monoisotopic (exact) mass is 1220 g/mol. The zero-order chi connectivity index (χ0) is 62.3. The maximum atomic E-state index is 13.3. The molecular weight excluding hydrogens is 1090 g/mol. The highest BCUT2D eigenvalue weighted by Gasteiger charge is 2.51. The first-order chi connectivity index (χ1) is 42.1. The third kappa shape index (κ3) is 40.2. The molecule has 0 spiro atoms. The van der Waals surface area contributed by atoms with Crippen LogP contribution in [0.2, 0.25) is 0 Å². The van der Waals surface area contributed by atoms with Gasteiger partial charge in [0.15, 0.2) is 12.6 Å². The summed E-state index contributed by atoms with van der Waals surface area (Å²) in [6.07, 6.45) is 59.6. The van der Waals surface area contributed by atoms with Crippen LogP contribution in [0.3, 0.4) is 0 Å². The molecule has 2 rings (SSSR count). The number of nitrogens with one attached hydrogen (secondary N) is 1. The van der Waals surface area contributed by atoms with Crippen molar-refractivity contribution in [3.05, 3.63) is 72.9 Å². The van der Waals surface area contributed by atoms with Crippen LogP contribution in [0.1, 0.15) is 284 Å². The van der Waals surface area contributed by atoms with E-state index in [1.165, 1.54) is 193 Å². The number of hydrogen-bond acceptors (Lipinski definition) is 13. The van der Waals surface area contributed by atoms with Gasteiger partial charge in [0.2, 0.25) is 5.91 Å². The third-order valence-corrected chi connectivity index (χ3v) is 16.9. The van der Waals surface area contributed by atoms with E-state index in [1.54, 1.807) is 6.08 Å². The Bertz CT molecular complexity index is 1720. The van der Waals surface area contributed by atoms with E-state index in [9.17, 15) is 45.6 Å². The maximum absolute atomic E-state index is 13.3. The van der Waals surface area contributed by atoms with E-state index >= 15 is 0 Å². The van der Waals surface area contributed by atoms with Crippen molar-refractivity contribution in [2.24, 2.45) is 0 Å². The van der Waals surface area contributed by atoms with Crippen LogP contribution in [0, 0.1) is 0 Å². The molecule has 2 fully saturated rings. The molecule has 12 atom stereocenters. The molecule has 9 N–H and O–H groups in total. The van der Waals surface area contributed by atoms with Crippen LogP contribution in [0.4, 0.5) is 0 Å². The first-order valence-corrected chi connectivity index (χ1v) is 35.2. The van der Waals surface area contributed by atoms with E-state index in [4.69, 9.17) is 18.9 Å². The Kier molecular flexibility index (Phi) is 52.2. The number of ether oxygens (including phenoxy) is 4. The first-order valence-electron chi connectivity index (χ1n) is 35.2. The summed E-state index contributed by atoms with van der Waals surface area (Å²) in [6.45, 7) is 2.70. The highest BCUT2D eigenvalue weighted by molar-refractivity contribution is 5.76. The smallest absolute Gasteiger partial charge is 0.220 e. The Balaban J connectivity index is 1.65. The van der Waals surface area contributed by atoms with Crippen molar-refractivity contribution < 1.29 is 64.6 Å². The number of aliphatic hydroxyl groups excluding tert-OH is 8. The molecule has 0 bridgehead atoms. The quantitative estimate of drug-likeness (QED) is 0.0204. The highest BCUT2D eigenvalue weighted by atomic mass is 16.7. The number of carbonyl (C=O) groups excluding carboxylic acids is 1. The van der Waals surface area contributed by atoms with Crippen LogP contribution < -0.4 is 5.32 Å². The SMILES string of the molecule is CC/C=C\C/C=C\C/C=C\C/C=C\CCCCCCCCCCCCCCCCCCCCCCC(=O)NC(COC1OC(CO)C(OC2OC(CO)C(O)C(O)C2O)C(O)C1O)C(O)/C=C/CC/C=C/CCCCCCCCCCCCCCC. The Hall–Kier alpha value is -2.57. The van der Waals surface area contributed by atoms with Gasteiger partial charge in [-0.2, -0.15) is 0 Å². The second-order valence-electron chi connectivity index (χ2n) is 24.6. The molecule has 14 nitrogen and oxygen atoms in total. The van der Waals surface area contributed by atoms with Crippen molar-refractivity contribution in [1.82, 2.24) is 5.32 Å². The number of amides is 1. The molecule has 2 heterocycles. The second kappa shape index (κ2) is 56.4. The standard InChI is InChI=1S/C72H129NO13/c1-3-5-7-9-11-13-15-17-19-21-23-24-25-26-27-28-29-30-31-32-33-34-35-36-38-40-42-44-46-48-50-52-54-56-64(77)73-60(61(76)55-53-51-49-47-45-43-41-39-37-22-20-18-16-14-12-10-8-6-4-2)59-83-71-69(82)67(80)70(63(58-75)85-71)86-72-68(81)66(79)65(78)62(57-74)84-72/h5,7,11,13,17,19,23-24,45,47,53,55,60-63,65-72,74-76,78-82H,3-4,6,8-10,12,14-16,18,20-22,25-44,46,48-52,54,56-59H2,1-2H3,(H,73,77)/b7-5-,13-11-,19-17-,24-23-,47-45+,55-53+. The molecule has 0 radical (unpaired) electrons. The van der Waals surface area contributed by atoms with Gasteiger partial charge in [-0.05, 0) is 70.6 Å².